The molecule has 1 aromatic carbocycles. The van der Waals surface area contributed by atoms with Crippen LogP contribution in [0.3, 0.4) is 0 Å². The molecule has 0 aliphatic rings. The van der Waals surface area contributed by atoms with Gasteiger partial charge in [0.05, 0.1) is 11.1 Å². The van der Waals surface area contributed by atoms with E-state index >= 15 is 0 Å². The van der Waals surface area contributed by atoms with Crippen LogP contribution in [0.5, 0.6) is 0 Å². The van der Waals surface area contributed by atoms with Crippen LogP contribution in [-0.4, -0.2) is 0 Å². The minimum absolute atomic E-state index is 0.0565. The first kappa shape index (κ1) is 8.71. The Morgan fingerprint density at radius 3 is 1.92 bits per heavy atom. The SMILES string of the molecule is N#Cc1ccc(C#N)c(C#N)c1F. The number of halogens is 1. The van der Waals surface area contributed by atoms with Gasteiger partial charge in [-0.05, 0) is 12.1 Å². The Kier molecular flexibility index (Phi) is 2.24. The molecular weight excluding hydrogens is 169 g/mol. The van der Waals surface area contributed by atoms with Crippen LogP contribution in [0.4, 0.5) is 4.39 Å². The molecule has 0 saturated carbocycles. The average molecular weight is 171 g/mol. The smallest absolute Gasteiger partial charge is 0.160 e. The van der Waals surface area contributed by atoms with Crippen LogP contribution < -0.4 is 0 Å². The standard InChI is InChI=1S/C9H2FN3/c10-9-7(4-12)2-1-6(3-11)8(9)5-13/h1-2H. The molecule has 0 fully saturated rings. The van der Waals surface area contributed by atoms with Gasteiger partial charge in [-0.25, -0.2) is 4.39 Å². The van der Waals surface area contributed by atoms with Crippen molar-refractivity contribution in [3.05, 3.63) is 34.6 Å². The molecule has 0 atom stereocenters. The fraction of sp³-hybridized carbons (Fsp3) is 0. The summed E-state index contributed by atoms with van der Waals surface area (Å²) < 4.78 is 13.1. The zero-order valence-corrected chi connectivity index (χ0v) is 6.37. The Balaban J connectivity index is 3.57. The summed E-state index contributed by atoms with van der Waals surface area (Å²) >= 11 is 0. The molecule has 4 heteroatoms. The molecule has 0 N–H and O–H groups in total. The van der Waals surface area contributed by atoms with Crippen LogP contribution in [0, 0.1) is 39.8 Å². The molecule has 1 aromatic rings. The van der Waals surface area contributed by atoms with Crippen molar-refractivity contribution in [2.75, 3.05) is 0 Å². The van der Waals surface area contributed by atoms with Crippen molar-refractivity contribution >= 4 is 0 Å². The normalized spacial score (nSPS) is 8.15. The van der Waals surface area contributed by atoms with E-state index in [1.54, 1.807) is 18.2 Å². The maximum absolute atomic E-state index is 13.1. The van der Waals surface area contributed by atoms with Gasteiger partial charge < -0.3 is 0 Å². The van der Waals surface area contributed by atoms with Gasteiger partial charge in [0, 0.05) is 0 Å². The second-order valence-corrected chi connectivity index (χ2v) is 2.19. The summed E-state index contributed by atoms with van der Waals surface area (Å²) in [7, 11) is 0. The maximum Gasteiger partial charge on any atom is 0.160 e. The fourth-order valence-electron chi connectivity index (χ4n) is 0.865. The first-order chi connectivity index (χ1) is 6.24. The van der Waals surface area contributed by atoms with Crippen LogP contribution >= 0.6 is 0 Å². The first-order valence-electron chi connectivity index (χ1n) is 3.27. The summed E-state index contributed by atoms with van der Waals surface area (Å²) in [6.45, 7) is 0. The van der Waals surface area contributed by atoms with Gasteiger partial charge in [-0.2, -0.15) is 15.8 Å². The van der Waals surface area contributed by atoms with E-state index in [9.17, 15) is 4.39 Å². The second kappa shape index (κ2) is 3.34. The Hall–Kier alpha value is -2.38. The van der Waals surface area contributed by atoms with Gasteiger partial charge in [0.2, 0.25) is 0 Å². The molecule has 0 unspecified atom stereocenters. The molecular formula is C9H2FN3. The van der Waals surface area contributed by atoms with E-state index in [0.29, 0.717) is 0 Å². The number of nitrogens with zero attached hydrogens (tertiary/aromatic N) is 3. The fourth-order valence-corrected chi connectivity index (χ4v) is 0.865. The monoisotopic (exact) mass is 171 g/mol. The van der Waals surface area contributed by atoms with E-state index in [2.05, 4.69) is 0 Å². The molecule has 13 heavy (non-hydrogen) atoms. The quantitative estimate of drug-likeness (QED) is 0.592. The number of hydrogen-bond acceptors (Lipinski definition) is 3. The average Bonchev–Trinajstić information content (AvgIpc) is 2.17. The number of nitriles is 3. The highest BCUT2D eigenvalue weighted by Crippen LogP contribution is 2.15. The van der Waals surface area contributed by atoms with Crippen molar-refractivity contribution in [3.63, 3.8) is 0 Å². The number of hydrogen-bond donors (Lipinski definition) is 0. The van der Waals surface area contributed by atoms with Crippen LogP contribution in [-0.2, 0) is 0 Å². The highest BCUT2D eigenvalue weighted by molar-refractivity contribution is 5.51. The zero-order valence-electron chi connectivity index (χ0n) is 6.37. The Morgan fingerprint density at radius 2 is 1.46 bits per heavy atom. The van der Waals surface area contributed by atoms with Crippen molar-refractivity contribution in [2.24, 2.45) is 0 Å². The highest BCUT2D eigenvalue weighted by Gasteiger charge is 2.11. The Morgan fingerprint density at radius 1 is 0.923 bits per heavy atom. The summed E-state index contributed by atoms with van der Waals surface area (Å²) in [6, 6.07) is 7.22. The van der Waals surface area contributed by atoms with E-state index < -0.39 is 5.82 Å². The zero-order chi connectivity index (χ0) is 9.84. The summed E-state index contributed by atoms with van der Waals surface area (Å²) in [5.41, 5.74) is -0.656. The molecule has 0 bridgehead atoms. The predicted octanol–water partition coefficient (Wildman–Crippen LogP) is 1.44. The van der Waals surface area contributed by atoms with Gasteiger partial charge in [-0.3, -0.25) is 0 Å². The largest absolute Gasteiger partial charge is 0.204 e. The van der Waals surface area contributed by atoms with Gasteiger partial charge in [0.1, 0.15) is 23.8 Å². The summed E-state index contributed by atoms with van der Waals surface area (Å²) in [5, 5.41) is 25.4. The van der Waals surface area contributed by atoms with E-state index in [0.717, 1.165) is 0 Å². The highest BCUT2D eigenvalue weighted by atomic mass is 19.1. The van der Waals surface area contributed by atoms with Gasteiger partial charge in [-0.1, -0.05) is 0 Å². The number of benzene rings is 1. The third-order valence-corrected chi connectivity index (χ3v) is 1.49. The lowest BCUT2D eigenvalue weighted by molar-refractivity contribution is 0.619. The molecule has 3 nitrogen and oxygen atoms in total. The van der Waals surface area contributed by atoms with E-state index in [1.165, 1.54) is 12.1 Å². The van der Waals surface area contributed by atoms with Crippen LogP contribution in [0.1, 0.15) is 16.7 Å². The lowest BCUT2D eigenvalue weighted by Gasteiger charge is -1.96. The van der Waals surface area contributed by atoms with Crippen molar-refractivity contribution in [2.45, 2.75) is 0 Å². The van der Waals surface area contributed by atoms with Gasteiger partial charge in [0.15, 0.2) is 5.82 Å². The van der Waals surface area contributed by atoms with Gasteiger partial charge >= 0.3 is 0 Å². The lowest BCUT2D eigenvalue weighted by Crippen LogP contribution is -1.93. The van der Waals surface area contributed by atoms with Crippen molar-refractivity contribution in [3.8, 4) is 18.2 Å². The predicted molar refractivity (Wildman–Crippen MR) is 40.5 cm³/mol. The summed E-state index contributed by atoms with van der Waals surface area (Å²) in [6.07, 6.45) is 0. The molecule has 0 aliphatic heterocycles. The third kappa shape index (κ3) is 1.31. The Bertz CT molecular complexity index is 471. The second-order valence-electron chi connectivity index (χ2n) is 2.19. The summed E-state index contributed by atoms with van der Waals surface area (Å²) in [4.78, 5) is 0. The molecule has 0 radical (unpaired) electrons. The first-order valence-corrected chi connectivity index (χ1v) is 3.27. The third-order valence-electron chi connectivity index (χ3n) is 1.49. The molecule has 0 aliphatic carbocycles. The summed E-state index contributed by atoms with van der Waals surface area (Å²) in [5.74, 6) is -0.927. The maximum atomic E-state index is 13.1. The van der Waals surface area contributed by atoms with Crippen molar-refractivity contribution < 1.29 is 4.39 Å². The molecule has 0 aromatic heterocycles. The molecule has 60 valence electrons. The Labute approximate surface area is 73.9 Å². The molecule has 0 spiro atoms. The number of rotatable bonds is 0. The lowest BCUT2D eigenvalue weighted by atomic mass is 10.1. The molecule has 0 saturated heterocycles. The van der Waals surface area contributed by atoms with Crippen LogP contribution in [0.15, 0.2) is 12.1 Å². The van der Waals surface area contributed by atoms with Crippen LogP contribution in [0.2, 0.25) is 0 Å². The van der Waals surface area contributed by atoms with Crippen LogP contribution in [0.25, 0.3) is 0 Å². The van der Waals surface area contributed by atoms with Gasteiger partial charge in [-0.15, -0.1) is 0 Å². The van der Waals surface area contributed by atoms with E-state index in [4.69, 9.17) is 15.8 Å². The van der Waals surface area contributed by atoms with E-state index in [-0.39, 0.29) is 16.7 Å². The molecule has 1 rings (SSSR count). The molecule has 0 heterocycles. The van der Waals surface area contributed by atoms with Gasteiger partial charge in [0.25, 0.3) is 0 Å². The molecule has 0 amide bonds. The minimum atomic E-state index is -0.927. The van der Waals surface area contributed by atoms with Crippen molar-refractivity contribution in [1.82, 2.24) is 0 Å². The van der Waals surface area contributed by atoms with E-state index in [1.807, 2.05) is 0 Å². The minimum Gasteiger partial charge on any atom is -0.204 e. The van der Waals surface area contributed by atoms with Crippen molar-refractivity contribution in [1.29, 1.82) is 15.8 Å². The topological polar surface area (TPSA) is 71.4 Å².